The van der Waals surface area contributed by atoms with Crippen LogP contribution in [0.15, 0.2) is 52.7 Å². The highest BCUT2D eigenvalue weighted by Crippen LogP contribution is 2.26. The smallest absolute Gasteiger partial charge is 0.299 e. The number of hydrogen-bond acceptors (Lipinski definition) is 6. The molecule has 3 aromatic rings. The molecular formula is C23H26F2N4O2S. The van der Waals surface area contributed by atoms with E-state index in [9.17, 15) is 8.78 Å². The van der Waals surface area contributed by atoms with Crippen molar-refractivity contribution in [2.75, 3.05) is 13.4 Å². The molecule has 1 aromatic heterocycles. The Hall–Kier alpha value is -2.94. The first-order chi connectivity index (χ1) is 15.2. The van der Waals surface area contributed by atoms with Gasteiger partial charge in [0.05, 0.1) is 13.3 Å². The van der Waals surface area contributed by atoms with Crippen molar-refractivity contribution in [3.63, 3.8) is 0 Å². The molecule has 0 aliphatic rings. The number of ether oxygens (including phenoxy) is 2. The molecule has 0 aliphatic heterocycles. The van der Waals surface area contributed by atoms with Crippen LogP contribution in [0.5, 0.6) is 11.5 Å². The van der Waals surface area contributed by atoms with Gasteiger partial charge < -0.3 is 9.47 Å². The van der Waals surface area contributed by atoms with E-state index in [-0.39, 0.29) is 17.2 Å². The van der Waals surface area contributed by atoms with Gasteiger partial charge in [0.25, 0.3) is 6.43 Å². The average molecular weight is 461 g/mol. The average Bonchev–Trinajstić information content (AvgIpc) is 3.19. The number of alkyl halides is 2. The van der Waals surface area contributed by atoms with Crippen molar-refractivity contribution in [3.05, 3.63) is 65.0 Å². The van der Waals surface area contributed by atoms with Crippen LogP contribution >= 0.6 is 11.8 Å². The Kier molecular flexibility index (Phi) is 7.50. The second-order valence-corrected chi connectivity index (χ2v) is 8.81. The topological polar surface area (TPSA) is 61.5 Å². The van der Waals surface area contributed by atoms with Gasteiger partial charge in [-0.2, -0.15) is 9.78 Å². The van der Waals surface area contributed by atoms with Gasteiger partial charge in [0.1, 0.15) is 18.1 Å². The van der Waals surface area contributed by atoms with Gasteiger partial charge in [0, 0.05) is 5.56 Å². The predicted octanol–water partition coefficient (Wildman–Crippen LogP) is 5.70. The SMILES string of the molecule is COc1ccc(C=Nn2c(SC)nnc2C(F)F)cc1COc1ccc(C(C)(C)C)cc1. The molecule has 0 amide bonds. The summed E-state index contributed by atoms with van der Waals surface area (Å²) in [4.78, 5) is 0. The van der Waals surface area contributed by atoms with Crippen LogP contribution in [0.3, 0.4) is 0 Å². The Morgan fingerprint density at radius 2 is 1.84 bits per heavy atom. The molecule has 170 valence electrons. The molecule has 2 aromatic carbocycles. The minimum atomic E-state index is -2.77. The van der Waals surface area contributed by atoms with Gasteiger partial charge >= 0.3 is 0 Å². The first-order valence-electron chi connectivity index (χ1n) is 9.95. The van der Waals surface area contributed by atoms with Crippen molar-refractivity contribution in [1.29, 1.82) is 0 Å². The van der Waals surface area contributed by atoms with Crippen molar-refractivity contribution >= 4 is 18.0 Å². The molecule has 0 spiro atoms. The summed E-state index contributed by atoms with van der Waals surface area (Å²) in [5.41, 5.74) is 2.80. The third-order valence-corrected chi connectivity index (χ3v) is 5.38. The predicted molar refractivity (Wildman–Crippen MR) is 122 cm³/mol. The number of aromatic nitrogens is 3. The number of methoxy groups -OCH3 is 1. The molecule has 0 aliphatic carbocycles. The van der Waals surface area contributed by atoms with Crippen molar-refractivity contribution in [2.45, 2.75) is 44.4 Å². The van der Waals surface area contributed by atoms with Crippen LogP contribution < -0.4 is 9.47 Å². The first-order valence-corrected chi connectivity index (χ1v) is 11.2. The normalized spacial score (nSPS) is 12.0. The van der Waals surface area contributed by atoms with Crippen molar-refractivity contribution in [3.8, 4) is 11.5 Å². The third-order valence-electron chi connectivity index (χ3n) is 4.76. The quantitative estimate of drug-likeness (QED) is 0.319. The van der Waals surface area contributed by atoms with E-state index in [4.69, 9.17) is 9.47 Å². The molecule has 0 radical (unpaired) electrons. The van der Waals surface area contributed by atoms with Gasteiger partial charge in [-0.1, -0.05) is 44.7 Å². The molecule has 1 heterocycles. The van der Waals surface area contributed by atoms with Crippen LogP contribution in [-0.2, 0) is 12.0 Å². The highest BCUT2D eigenvalue weighted by Gasteiger charge is 2.19. The van der Waals surface area contributed by atoms with Crippen molar-refractivity contribution < 1.29 is 18.3 Å². The molecular weight excluding hydrogens is 434 g/mol. The van der Waals surface area contributed by atoms with E-state index in [1.807, 2.05) is 18.2 Å². The van der Waals surface area contributed by atoms with E-state index >= 15 is 0 Å². The number of thioether (sulfide) groups is 1. The van der Waals surface area contributed by atoms with Gasteiger partial charge in [-0.25, -0.2) is 8.78 Å². The van der Waals surface area contributed by atoms with Crippen LogP contribution in [0, 0.1) is 0 Å². The standard InChI is InChI=1S/C23H26F2N4O2S/c1-23(2,3)17-7-9-18(10-8-17)31-14-16-12-15(6-11-19(16)30-4)13-26-29-21(20(24)25)27-28-22(29)32-5/h6-13,20H,14H2,1-5H3. The maximum atomic E-state index is 13.2. The molecule has 0 N–H and O–H groups in total. The highest BCUT2D eigenvalue weighted by atomic mass is 32.2. The van der Waals surface area contributed by atoms with E-state index in [1.165, 1.54) is 23.5 Å². The molecule has 0 unspecified atom stereocenters. The summed E-state index contributed by atoms with van der Waals surface area (Å²) in [5.74, 6) is 0.909. The summed E-state index contributed by atoms with van der Waals surface area (Å²) in [7, 11) is 1.58. The second kappa shape index (κ2) is 10.1. The third kappa shape index (κ3) is 5.64. The summed E-state index contributed by atoms with van der Waals surface area (Å²) in [6.07, 6.45) is 0.433. The molecule has 0 bridgehead atoms. The molecule has 9 heteroatoms. The Morgan fingerprint density at radius 1 is 1.12 bits per heavy atom. The molecule has 6 nitrogen and oxygen atoms in total. The summed E-state index contributed by atoms with van der Waals surface area (Å²) in [6.45, 7) is 6.76. The zero-order valence-corrected chi connectivity index (χ0v) is 19.5. The Bertz CT molecular complexity index is 1080. The number of rotatable bonds is 8. The summed E-state index contributed by atoms with van der Waals surface area (Å²) in [6, 6.07) is 13.4. The number of nitrogens with zero attached hydrogens (tertiary/aromatic N) is 4. The summed E-state index contributed by atoms with van der Waals surface area (Å²) < 4.78 is 38.8. The van der Waals surface area contributed by atoms with Crippen LogP contribution in [-0.4, -0.2) is 34.5 Å². The van der Waals surface area contributed by atoms with Gasteiger partial charge in [0.15, 0.2) is 0 Å². The minimum Gasteiger partial charge on any atom is -0.496 e. The fourth-order valence-corrected chi connectivity index (χ4v) is 3.41. The largest absolute Gasteiger partial charge is 0.496 e. The molecule has 0 atom stereocenters. The van der Waals surface area contributed by atoms with E-state index < -0.39 is 12.2 Å². The zero-order valence-electron chi connectivity index (χ0n) is 18.7. The minimum absolute atomic E-state index is 0.0699. The molecule has 0 saturated heterocycles. The van der Waals surface area contributed by atoms with Gasteiger partial charge in [0.2, 0.25) is 11.0 Å². The lowest BCUT2D eigenvalue weighted by molar-refractivity contribution is 0.135. The van der Waals surface area contributed by atoms with E-state index in [0.717, 1.165) is 16.0 Å². The fraction of sp³-hybridized carbons (Fsp3) is 0.348. The van der Waals surface area contributed by atoms with Crippen molar-refractivity contribution in [1.82, 2.24) is 14.9 Å². The Balaban J connectivity index is 1.79. The molecule has 0 fully saturated rings. The van der Waals surface area contributed by atoms with E-state index in [1.54, 1.807) is 25.5 Å². The maximum absolute atomic E-state index is 13.2. The van der Waals surface area contributed by atoms with Crippen molar-refractivity contribution in [2.24, 2.45) is 5.10 Å². The molecule has 32 heavy (non-hydrogen) atoms. The van der Waals surface area contributed by atoms with Crippen LogP contribution in [0.4, 0.5) is 8.78 Å². The highest BCUT2D eigenvalue weighted by molar-refractivity contribution is 7.98. The van der Waals surface area contributed by atoms with Crippen LogP contribution in [0.25, 0.3) is 0 Å². The fourth-order valence-electron chi connectivity index (χ4n) is 2.98. The Labute approximate surface area is 190 Å². The first kappa shape index (κ1) is 23.7. The Morgan fingerprint density at radius 3 is 2.44 bits per heavy atom. The summed E-state index contributed by atoms with van der Waals surface area (Å²) in [5, 5.41) is 11.7. The zero-order chi connectivity index (χ0) is 23.3. The maximum Gasteiger partial charge on any atom is 0.299 e. The van der Waals surface area contributed by atoms with Gasteiger partial charge in [-0.15, -0.1) is 10.2 Å². The lowest BCUT2D eigenvalue weighted by Gasteiger charge is -2.19. The van der Waals surface area contributed by atoms with Crippen LogP contribution in [0.1, 0.15) is 49.7 Å². The number of benzene rings is 2. The monoisotopic (exact) mass is 460 g/mol. The van der Waals surface area contributed by atoms with E-state index in [0.29, 0.717) is 11.3 Å². The lowest BCUT2D eigenvalue weighted by atomic mass is 9.87. The lowest BCUT2D eigenvalue weighted by Crippen LogP contribution is -2.10. The number of halogens is 2. The second-order valence-electron chi connectivity index (χ2n) is 8.04. The molecule has 3 rings (SSSR count). The van der Waals surface area contributed by atoms with Gasteiger partial charge in [-0.05, 0) is 53.1 Å². The van der Waals surface area contributed by atoms with E-state index in [2.05, 4.69) is 48.2 Å². The van der Waals surface area contributed by atoms with Crippen LogP contribution in [0.2, 0.25) is 0 Å². The number of hydrogen-bond donors (Lipinski definition) is 0. The van der Waals surface area contributed by atoms with Gasteiger partial charge in [-0.3, -0.25) is 0 Å². The summed E-state index contributed by atoms with van der Waals surface area (Å²) >= 11 is 1.19. The molecule has 0 saturated carbocycles.